The summed E-state index contributed by atoms with van der Waals surface area (Å²) in [6, 6.07) is 3.07. The fraction of sp³-hybridized carbons (Fsp3) is 0.412. The lowest BCUT2D eigenvalue weighted by molar-refractivity contribution is 0.0597. The van der Waals surface area contributed by atoms with Crippen LogP contribution >= 0.6 is 0 Å². The summed E-state index contributed by atoms with van der Waals surface area (Å²) in [4.78, 5) is 16.3. The Kier molecular flexibility index (Phi) is 5.81. The van der Waals surface area contributed by atoms with E-state index < -0.39 is 5.97 Å². The lowest BCUT2D eigenvalue weighted by Gasteiger charge is -2.21. The van der Waals surface area contributed by atoms with Crippen molar-refractivity contribution in [3.8, 4) is 11.4 Å². The minimum atomic E-state index is -0.569. The smallest absolute Gasteiger partial charge is 0.341 e. The molecule has 7 nitrogen and oxygen atoms in total. The minimum absolute atomic E-state index is 0.186. The number of hydrogen-bond donors (Lipinski definition) is 1. The highest BCUT2D eigenvalue weighted by Crippen LogP contribution is 2.33. The molecule has 0 unspecified atom stereocenters. The van der Waals surface area contributed by atoms with E-state index in [4.69, 9.17) is 9.47 Å². The van der Waals surface area contributed by atoms with Crippen molar-refractivity contribution in [1.82, 2.24) is 9.55 Å². The Bertz CT molecular complexity index is 708. The summed E-state index contributed by atoms with van der Waals surface area (Å²) in [5.41, 5.74) is 2.91. The molecule has 0 aliphatic rings. The van der Waals surface area contributed by atoms with Gasteiger partial charge in [-0.25, -0.2) is 9.78 Å². The molecule has 24 heavy (non-hydrogen) atoms. The summed E-state index contributed by atoms with van der Waals surface area (Å²) in [5.74, 6) is 0.899. The molecule has 0 saturated heterocycles. The van der Waals surface area contributed by atoms with Crippen LogP contribution in [0.25, 0.3) is 5.69 Å². The molecule has 0 saturated carbocycles. The second-order valence-corrected chi connectivity index (χ2v) is 5.33. The van der Waals surface area contributed by atoms with Gasteiger partial charge in [-0.1, -0.05) is 13.8 Å². The number of esters is 1. The fourth-order valence-corrected chi connectivity index (χ4v) is 2.76. The number of nitrogens with zero attached hydrogens (tertiary/aromatic N) is 2. The average Bonchev–Trinajstić information content (AvgIpc) is 3.10. The van der Waals surface area contributed by atoms with Gasteiger partial charge in [-0.05, 0) is 18.9 Å². The molecule has 0 bridgehead atoms. The highest BCUT2D eigenvalue weighted by molar-refractivity contribution is 5.95. The zero-order valence-electron chi connectivity index (χ0n) is 14.3. The quantitative estimate of drug-likeness (QED) is 0.617. The van der Waals surface area contributed by atoms with E-state index in [1.165, 1.54) is 20.3 Å². The van der Waals surface area contributed by atoms with Crippen molar-refractivity contribution in [1.29, 1.82) is 0 Å². The molecule has 0 aliphatic heterocycles. The SMILES string of the molecule is CCC(CC)c1nccn1-c1cc(OC)c(C(=O)OC)cc1N[O-]. The van der Waals surface area contributed by atoms with Crippen molar-refractivity contribution in [2.45, 2.75) is 32.6 Å². The van der Waals surface area contributed by atoms with Crippen LogP contribution in [0.15, 0.2) is 24.5 Å². The van der Waals surface area contributed by atoms with E-state index in [9.17, 15) is 10.0 Å². The van der Waals surface area contributed by atoms with E-state index >= 15 is 0 Å². The number of carbonyl (C=O) groups is 1. The number of anilines is 1. The fourth-order valence-electron chi connectivity index (χ4n) is 2.76. The zero-order chi connectivity index (χ0) is 17.7. The first-order valence-corrected chi connectivity index (χ1v) is 7.83. The highest BCUT2D eigenvalue weighted by atomic mass is 16.5. The van der Waals surface area contributed by atoms with Crippen LogP contribution in [0.5, 0.6) is 5.75 Å². The number of nitrogens with one attached hydrogen (secondary N) is 1. The molecule has 0 fully saturated rings. The van der Waals surface area contributed by atoms with Crippen molar-refractivity contribution >= 4 is 11.7 Å². The lowest BCUT2D eigenvalue weighted by Crippen LogP contribution is -2.10. The molecule has 0 aliphatic carbocycles. The Morgan fingerprint density at radius 1 is 1.33 bits per heavy atom. The molecule has 2 aromatic rings. The topological polar surface area (TPSA) is 88.4 Å². The number of methoxy groups -OCH3 is 2. The number of benzene rings is 1. The third-order valence-electron chi connectivity index (χ3n) is 4.11. The molecular formula is C17H22N3O4-. The summed E-state index contributed by atoms with van der Waals surface area (Å²) in [6.45, 7) is 4.20. The van der Waals surface area contributed by atoms with Crippen LogP contribution in [-0.4, -0.2) is 29.7 Å². The predicted octanol–water partition coefficient (Wildman–Crippen LogP) is 3.48. The second-order valence-electron chi connectivity index (χ2n) is 5.33. The monoisotopic (exact) mass is 332 g/mol. The third kappa shape index (κ3) is 3.21. The van der Waals surface area contributed by atoms with Crippen LogP contribution in [0.4, 0.5) is 5.69 Å². The Hall–Kier alpha value is -2.54. The number of ether oxygens (including phenoxy) is 2. The summed E-state index contributed by atoms with van der Waals surface area (Å²) in [5, 5.41) is 11.5. The molecule has 130 valence electrons. The van der Waals surface area contributed by atoms with Gasteiger partial charge in [0.15, 0.2) is 0 Å². The van der Waals surface area contributed by atoms with Gasteiger partial charge in [0.1, 0.15) is 17.1 Å². The standard InChI is InChI=1S/C17H22N3O4/c1-5-11(6-2)16-18-7-8-20(16)14-10-15(23-3)12(17(21)24-4)9-13(14)19-22/h7-11,19H,5-6H2,1-4H3/q-1. The van der Waals surface area contributed by atoms with Crippen molar-refractivity contribution in [3.05, 3.63) is 41.1 Å². The molecule has 1 N–H and O–H groups in total. The molecule has 7 heteroatoms. The van der Waals surface area contributed by atoms with Gasteiger partial charge in [-0.3, -0.25) is 0 Å². The van der Waals surface area contributed by atoms with E-state index in [0.29, 0.717) is 11.4 Å². The first kappa shape index (κ1) is 17.8. The van der Waals surface area contributed by atoms with Gasteiger partial charge in [-0.2, -0.15) is 0 Å². The molecule has 0 atom stereocenters. The van der Waals surface area contributed by atoms with Crippen molar-refractivity contribution < 1.29 is 14.3 Å². The van der Waals surface area contributed by atoms with E-state index in [-0.39, 0.29) is 17.2 Å². The van der Waals surface area contributed by atoms with Crippen molar-refractivity contribution in [2.75, 3.05) is 19.7 Å². The van der Waals surface area contributed by atoms with E-state index in [1.54, 1.807) is 18.5 Å². The molecular weight excluding hydrogens is 310 g/mol. The number of carbonyl (C=O) groups excluding carboxylic acids is 1. The first-order valence-electron chi connectivity index (χ1n) is 7.83. The normalized spacial score (nSPS) is 10.8. The Morgan fingerprint density at radius 3 is 2.58 bits per heavy atom. The van der Waals surface area contributed by atoms with Gasteiger partial charge in [-0.15, -0.1) is 0 Å². The molecule has 1 heterocycles. The van der Waals surface area contributed by atoms with E-state index in [2.05, 4.69) is 18.8 Å². The predicted molar refractivity (Wildman–Crippen MR) is 91.8 cm³/mol. The van der Waals surface area contributed by atoms with Crippen molar-refractivity contribution in [2.24, 2.45) is 0 Å². The average molecular weight is 332 g/mol. The zero-order valence-corrected chi connectivity index (χ0v) is 14.3. The van der Waals surface area contributed by atoms with E-state index in [1.807, 2.05) is 10.0 Å². The molecule has 2 rings (SSSR count). The number of aromatic nitrogens is 2. The minimum Gasteiger partial charge on any atom is -0.761 e. The molecule has 0 radical (unpaired) electrons. The lowest BCUT2D eigenvalue weighted by atomic mass is 10.0. The van der Waals surface area contributed by atoms with Gasteiger partial charge >= 0.3 is 5.97 Å². The Balaban J connectivity index is 2.63. The van der Waals surface area contributed by atoms with Crippen LogP contribution < -0.4 is 10.2 Å². The van der Waals surface area contributed by atoms with Crippen LogP contribution in [0, 0.1) is 5.21 Å². The maximum Gasteiger partial charge on any atom is 0.341 e. The van der Waals surface area contributed by atoms with Gasteiger partial charge < -0.3 is 24.7 Å². The maximum atomic E-state index is 11.9. The number of rotatable bonds is 7. The highest BCUT2D eigenvalue weighted by Gasteiger charge is 2.20. The van der Waals surface area contributed by atoms with Crippen LogP contribution in [0.1, 0.15) is 48.8 Å². The summed E-state index contributed by atoms with van der Waals surface area (Å²) >= 11 is 0. The third-order valence-corrected chi connectivity index (χ3v) is 4.11. The number of hydrogen-bond acceptors (Lipinski definition) is 6. The first-order chi connectivity index (χ1) is 11.6. The van der Waals surface area contributed by atoms with E-state index in [0.717, 1.165) is 18.7 Å². The largest absolute Gasteiger partial charge is 0.761 e. The summed E-state index contributed by atoms with van der Waals surface area (Å²) < 4.78 is 11.9. The summed E-state index contributed by atoms with van der Waals surface area (Å²) in [7, 11) is 2.74. The summed E-state index contributed by atoms with van der Waals surface area (Å²) in [6.07, 6.45) is 5.36. The van der Waals surface area contributed by atoms with Crippen LogP contribution in [-0.2, 0) is 4.74 Å². The van der Waals surface area contributed by atoms with Gasteiger partial charge in [0.2, 0.25) is 0 Å². The van der Waals surface area contributed by atoms with Crippen LogP contribution in [0.3, 0.4) is 0 Å². The van der Waals surface area contributed by atoms with Crippen LogP contribution in [0.2, 0.25) is 0 Å². The Morgan fingerprint density at radius 2 is 2.04 bits per heavy atom. The molecule has 0 spiro atoms. The maximum absolute atomic E-state index is 11.9. The van der Waals surface area contributed by atoms with Gasteiger partial charge in [0.05, 0.1) is 19.9 Å². The van der Waals surface area contributed by atoms with Crippen molar-refractivity contribution in [3.63, 3.8) is 0 Å². The Labute approximate surface area is 141 Å². The van der Waals surface area contributed by atoms with Gasteiger partial charge in [0, 0.05) is 30.1 Å². The number of imidazole rings is 1. The molecule has 0 amide bonds. The molecule has 1 aromatic heterocycles. The van der Waals surface area contributed by atoms with Gasteiger partial charge in [0.25, 0.3) is 0 Å². The molecule has 1 aromatic carbocycles. The second kappa shape index (κ2) is 7.83.